The van der Waals surface area contributed by atoms with Crippen LogP contribution in [0.25, 0.3) is 0 Å². The molecule has 2 atom stereocenters. The summed E-state index contributed by atoms with van der Waals surface area (Å²) >= 11 is 0. The summed E-state index contributed by atoms with van der Waals surface area (Å²) in [7, 11) is 0. The molecular weight excluding hydrogens is 206 g/mol. The van der Waals surface area contributed by atoms with E-state index in [1.807, 2.05) is 0 Å². The van der Waals surface area contributed by atoms with E-state index in [1.165, 1.54) is 0 Å². The number of halogens is 1. The molecule has 1 heterocycles. The summed E-state index contributed by atoms with van der Waals surface area (Å²) in [5, 5.41) is 0. The lowest BCUT2D eigenvalue weighted by Crippen LogP contribution is -2.34. The van der Waals surface area contributed by atoms with Gasteiger partial charge in [-0.1, -0.05) is 0 Å². The van der Waals surface area contributed by atoms with Crippen LogP contribution in [-0.2, 0) is 14.3 Å². The van der Waals surface area contributed by atoms with E-state index in [0.717, 1.165) is 19.6 Å². The van der Waals surface area contributed by atoms with E-state index < -0.39 is 6.04 Å². The van der Waals surface area contributed by atoms with Crippen molar-refractivity contribution >= 4 is 18.4 Å². The van der Waals surface area contributed by atoms with Crippen LogP contribution in [0.2, 0.25) is 0 Å². The smallest absolute Gasteiger partial charge is 0.322 e. The Balaban J connectivity index is 0.00000169. The van der Waals surface area contributed by atoms with E-state index in [2.05, 4.69) is 0 Å². The molecule has 1 saturated heterocycles. The molecule has 84 valence electrons. The first-order valence-electron chi connectivity index (χ1n) is 4.74. The summed E-state index contributed by atoms with van der Waals surface area (Å²) < 4.78 is 10.00. The van der Waals surface area contributed by atoms with Crippen LogP contribution in [0.15, 0.2) is 0 Å². The van der Waals surface area contributed by atoms with Gasteiger partial charge in [-0.05, 0) is 25.7 Å². The molecule has 1 aliphatic heterocycles. The Labute approximate surface area is 90.5 Å². The predicted molar refractivity (Wildman–Crippen MR) is 55.4 cm³/mol. The van der Waals surface area contributed by atoms with Gasteiger partial charge in [-0.2, -0.15) is 0 Å². The van der Waals surface area contributed by atoms with Crippen molar-refractivity contribution in [2.24, 2.45) is 11.7 Å². The normalized spacial score (nSPS) is 22.6. The topological polar surface area (TPSA) is 61.5 Å². The summed E-state index contributed by atoms with van der Waals surface area (Å²) in [5.74, 6) is 0.133. The van der Waals surface area contributed by atoms with E-state index >= 15 is 0 Å². The van der Waals surface area contributed by atoms with Gasteiger partial charge in [0.05, 0.1) is 6.61 Å². The molecule has 0 aliphatic carbocycles. The Bertz CT molecular complexity index is 171. The van der Waals surface area contributed by atoms with Crippen LogP contribution in [0, 0.1) is 5.92 Å². The maximum Gasteiger partial charge on any atom is 0.322 e. The lowest BCUT2D eigenvalue weighted by molar-refractivity contribution is -0.145. The highest BCUT2D eigenvalue weighted by atomic mass is 35.5. The van der Waals surface area contributed by atoms with Gasteiger partial charge in [-0.25, -0.2) is 0 Å². The van der Waals surface area contributed by atoms with Crippen LogP contribution < -0.4 is 5.73 Å². The highest BCUT2D eigenvalue weighted by Gasteiger charge is 2.23. The van der Waals surface area contributed by atoms with Gasteiger partial charge in [-0.3, -0.25) is 4.79 Å². The van der Waals surface area contributed by atoms with Crippen LogP contribution in [0.5, 0.6) is 0 Å². The number of hydrogen-bond donors (Lipinski definition) is 1. The minimum Gasteiger partial charge on any atom is -0.465 e. The summed E-state index contributed by atoms with van der Waals surface area (Å²) in [6.45, 7) is 3.70. The number of ether oxygens (including phenoxy) is 2. The van der Waals surface area contributed by atoms with Gasteiger partial charge in [0.2, 0.25) is 0 Å². The third-order valence-electron chi connectivity index (χ3n) is 2.20. The lowest BCUT2D eigenvalue weighted by atomic mass is 10.00. The van der Waals surface area contributed by atoms with Gasteiger partial charge >= 0.3 is 5.97 Å². The van der Waals surface area contributed by atoms with Crippen molar-refractivity contribution < 1.29 is 14.3 Å². The standard InChI is InChI=1S/C9H17NO3.ClH/c1-2-13-9(11)8(10)5-7-3-4-12-6-7;/h7-8H,2-6,10H2,1H3;1H. The van der Waals surface area contributed by atoms with Gasteiger partial charge in [0.1, 0.15) is 6.04 Å². The molecule has 2 unspecified atom stereocenters. The molecule has 0 aromatic carbocycles. The van der Waals surface area contributed by atoms with Crippen LogP contribution in [0.4, 0.5) is 0 Å². The highest BCUT2D eigenvalue weighted by Crippen LogP contribution is 2.17. The molecule has 2 N–H and O–H groups in total. The van der Waals surface area contributed by atoms with Gasteiger partial charge in [0.15, 0.2) is 0 Å². The molecule has 0 bridgehead atoms. The van der Waals surface area contributed by atoms with E-state index in [-0.39, 0.29) is 18.4 Å². The predicted octanol–water partition coefficient (Wildman–Crippen LogP) is 0.725. The largest absolute Gasteiger partial charge is 0.465 e. The van der Waals surface area contributed by atoms with E-state index in [1.54, 1.807) is 6.92 Å². The maximum absolute atomic E-state index is 11.1. The highest BCUT2D eigenvalue weighted by molar-refractivity contribution is 5.85. The third-order valence-corrected chi connectivity index (χ3v) is 2.20. The first-order chi connectivity index (χ1) is 6.24. The Morgan fingerprint density at radius 1 is 1.71 bits per heavy atom. The summed E-state index contributed by atoms with van der Waals surface area (Å²) in [4.78, 5) is 11.1. The minimum absolute atomic E-state index is 0. The van der Waals surface area contributed by atoms with Crippen LogP contribution in [-0.4, -0.2) is 31.8 Å². The maximum atomic E-state index is 11.1. The van der Waals surface area contributed by atoms with E-state index in [9.17, 15) is 4.79 Å². The molecule has 0 spiro atoms. The zero-order valence-electron chi connectivity index (χ0n) is 8.40. The molecule has 1 fully saturated rings. The zero-order valence-corrected chi connectivity index (χ0v) is 9.22. The molecule has 1 aliphatic rings. The van der Waals surface area contributed by atoms with Crippen molar-refractivity contribution in [2.45, 2.75) is 25.8 Å². The second-order valence-electron chi connectivity index (χ2n) is 3.32. The third kappa shape index (κ3) is 4.26. The SMILES string of the molecule is CCOC(=O)C(N)CC1CCOC1.Cl. The molecule has 14 heavy (non-hydrogen) atoms. The van der Waals surface area contributed by atoms with Gasteiger partial charge in [-0.15, -0.1) is 12.4 Å². The van der Waals surface area contributed by atoms with Gasteiger partial charge in [0.25, 0.3) is 0 Å². The Hall–Kier alpha value is -0.320. The quantitative estimate of drug-likeness (QED) is 0.714. The molecule has 0 radical (unpaired) electrons. The fraction of sp³-hybridized carbons (Fsp3) is 0.889. The number of carbonyl (C=O) groups excluding carboxylic acids is 1. The molecule has 5 heteroatoms. The van der Waals surface area contributed by atoms with E-state index in [4.69, 9.17) is 15.2 Å². The molecule has 1 rings (SSSR count). The number of hydrogen-bond acceptors (Lipinski definition) is 4. The van der Waals surface area contributed by atoms with Gasteiger partial charge < -0.3 is 15.2 Å². The number of rotatable bonds is 4. The van der Waals surface area contributed by atoms with Gasteiger partial charge in [0, 0.05) is 13.2 Å². The second kappa shape index (κ2) is 7.04. The number of nitrogens with two attached hydrogens (primary N) is 1. The lowest BCUT2D eigenvalue weighted by Gasteiger charge is -2.13. The Morgan fingerprint density at radius 2 is 2.43 bits per heavy atom. The Kier molecular flexibility index (Phi) is 6.87. The molecule has 0 amide bonds. The summed E-state index contributed by atoms with van der Waals surface area (Å²) in [6.07, 6.45) is 1.69. The second-order valence-corrected chi connectivity index (χ2v) is 3.32. The average Bonchev–Trinajstić information content (AvgIpc) is 2.57. The Morgan fingerprint density at radius 3 is 2.93 bits per heavy atom. The van der Waals surface area contributed by atoms with Crippen molar-refractivity contribution in [3.05, 3.63) is 0 Å². The summed E-state index contributed by atoms with van der Waals surface area (Å²) in [6, 6.07) is -0.480. The number of carbonyl (C=O) groups is 1. The molecular formula is C9H18ClNO3. The monoisotopic (exact) mass is 223 g/mol. The minimum atomic E-state index is -0.480. The van der Waals surface area contributed by atoms with Crippen molar-refractivity contribution in [3.63, 3.8) is 0 Å². The van der Waals surface area contributed by atoms with Crippen molar-refractivity contribution in [1.82, 2.24) is 0 Å². The van der Waals surface area contributed by atoms with Crippen molar-refractivity contribution in [1.29, 1.82) is 0 Å². The number of esters is 1. The first kappa shape index (κ1) is 13.7. The molecule has 4 nitrogen and oxygen atoms in total. The van der Waals surface area contributed by atoms with Crippen molar-refractivity contribution in [2.75, 3.05) is 19.8 Å². The molecule has 0 aromatic rings. The molecule has 0 saturated carbocycles. The molecule has 0 aromatic heterocycles. The van der Waals surface area contributed by atoms with Crippen LogP contribution in [0.1, 0.15) is 19.8 Å². The van der Waals surface area contributed by atoms with E-state index in [0.29, 0.717) is 18.9 Å². The van der Waals surface area contributed by atoms with Crippen molar-refractivity contribution in [3.8, 4) is 0 Å². The van der Waals surface area contributed by atoms with Crippen LogP contribution in [0.3, 0.4) is 0 Å². The fourth-order valence-electron chi connectivity index (χ4n) is 1.47. The zero-order chi connectivity index (χ0) is 9.68. The average molecular weight is 224 g/mol. The summed E-state index contributed by atoms with van der Waals surface area (Å²) in [5.41, 5.74) is 5.65. The van der Waals surface area contributed by atoms with Crippen LogP contribution >= 0.6 is 12.4 Å². The fourth-order valence-corrected chi connectivity index (χ4v) is 1.47. The first-order valence-corrected chi connectivity index (χ1v) is 4.74.